The normalized spacial score (nSPS) is 19.0. The zero-order chi connectivity index (χ0) is 33.3. The van der Waals surface area contributed by atoms with Crippen LogP contribution in [-0.4, -0.2) is 0 Å². The second-order valence-corrected chi connectivity index (χ2v) is 15.5. The van der Waals surface area contributed by atoms with E-state index < -0.39 is 0 Å². The van der Waals surface area contributed by atoms with Crippen molar-refractivity contribution in [3.8, 4) is 11.1 Å². The van der Waals surface area contributed by atoms with E-state index in [1.807, 2.05) is 0 Å². The number of anilines is 2. The zero-order valence-corrected chi connectivity index (χ0v) is 29.0. The Bertz CT molecular complexity index is 2370. The highest BCUT2D eigenvalue weighted by molar-refractivity contribution is 6.22. The van der Waals surface area contributed by atoms with Crippen LogP contribution in [0.2, 0.25) is 0 Å². The van der Waals surface area contributed by atoms with Gasteiger partial charge < -0.3 is 4.90 Å². The molecule has 1 heteroatoms. The summed E-state index contributed by atoms with van der Waals surface area (Å²) in [6.07, 6.45) is 17.3. The first-order valence-corrected chi connectivity index (χ1v) is 17.9. The molecular weight excluding hydrogens is 591 g/mol. The molecule has 0 saturated carbocycles. The third-order valence-electron chi connectivity index (χ3n) is 11.6. The van der Waals surface area contributed by atoms with Gasteiger partial charge in [0.15, 0.2) is 0 Å². The van der Waals surface area contributed by atoms with Gasteiger partial charge in [0.25, 0.3) is 0 Å². The van der Waals surface area contributed by atoms with Gasteiger partial charge in [0.2, 0.25) is 0 Å². The predicted molar refractivity (Wildman–Crippen MR) is 211 cm³/mol. The van der Waals surface area contributed by atoms with Crippen LogP contribution in [0.1, 0.15) is 58.1 Å². The Morgan fingerprint density at radius 2 is 1.31 bits per heavy atom. The van der Waals surface area contributed by atoms with Gasteiger partial charge in [-0.3, -0.25) is 0 Å². The smallest absolute Gasteiger partial charge is 0.0618 e. The van der Waals surface area contributed by atoms with E-state index in [1.165, 1.54) is 90.1 Å². The van der Waals surface area contributed by atoms with Crippen LogP contribution in [0.4, 0.5) is 11.4 Å². The van der Waals surface area contributed by atoms with Crippen LogP contribution in [0.5, 0.6) is 0 Å². The lowest BCUT2D eigenvalue weighted by molar-refractivity contribution is 0.333. The molecule has 0 N–H and O–H groups in total. The average molecular weight is 634 g/mol. The van der Waals surface area contributed by atoms with E-state index >= 15 is 0 Å². The molecular formula is C48H43N. The van der Waals surface area contributed by atoms with Crippen molar-refractivity contribution in [2.45, 2.75) is 57.8 Å². The van der Waals surface area contributed by atoms with Gasteiger partial charge in [0.05, 0.1) is 5.69 Å². The Labute approximate surface area is 290 Å². The summed E-state index contributed by atoms with van der Waals surface area (Å²) in [7, 11) is 0. The SMILES string of the molecule is CC1(C)CCC(C)(C)c2c(-c3c4ccccc4c(N(C4=CC5CC=CC=C5C=C4)c4ccc5ccccc5c4)c4ccccc34)cccc21. The molecule has 1 unspecified atom stereocenters. The minimum Gasteiger partial charge on any atom is -0.310 e. The number of rotatable bonds is 4. The van der Waals surface area contributed by atoms with E-state index in [1.54, 1.807) is 0 Å². The summed E-state index contributed by atoms with van der Waals surface area (Å²) in [4.78, 5) is 2.54. The third-order valence-corrected chi connectivity index (χ3v) is 11.6. The molecule has 3 aliphatic rings. The van der Waals surface area contributed by atoms with Gasteiger partial charge in [-0.1, -0.05) is 155 Å². The number of hydrogen-bond acceptors (Lipinski definition) is 1. The second kappa shape index (κ2) is 11.2. The van der Waals surface area contributed by atoms with Crippen molar-refractivity contribution in [3.05, 3.63) is 168 Å². The minimum absolute atomic E-state index is 0.0802. The molecule has 9 rings (SSSR count). The monoisotopic (exact) mass is 633 g/mol. The van der Waals surface area contributed by atoms with Crippen molar-refractivity contribution >= 4 is 43.7 Å². The molecule has 1 atom stereocenters. The molecule has 6 aromatic rings. The number of fused-ring (bicyclic) bond motifs is 5. The van der Waals surface area contributed by atoms with E-state index in [-0.39, 0.29) is 10.8 Å². The maximum Gasteiger partial charge on any atom is 0.0618 e. The Morgan fingerprint density at radius 3 is 2.06 bits per heavy atom. The summed E-state index contributed by atoms with van der Waals surface area (Å²) in [6, 6.07) is 41.0. The van der Waals surface area contributed by atoms with Crippen molar-refractivity contribution in [1.29, 1.82) is 0 Å². The molecule has 0 amide bonds. The first-order chi connectivity index (χ1) is 23.8. The molecule has 0 spiro atoms. The summed E-state index contributed by atoms with van der Waals surface area (Å²) in [5.74, 6) is 0.367. The van der Waals surface area contributed by atoms with Crippen LogP contribution in [0.15, 0.2) is 157 Å². The second-order valence-electron chi connectivity index (χ2n) is 15.5. The van der Waals surface area contributed by atoms with Gasteiger partial charge in [-0.2, -0.15) is 0 Å². The highest BCUT2D eigenvalue weighted by Crippen LogP contribution is 2.53. The fourth-order valence-electron chi connectivity index (χ4n) is 8.90. The molecule has 49 heavy (non-hydrogen) atoms. The van der Waals surface area contributed by atoms with Gasteiger partial charge in [0.1, 0.15) is 0 Å². The first-order valence-electron chi connectivity index (χ1n) is 17.9. The molecule has 0 saturated heterocycles. The summed E-state index contributed by atoms with van der Waals surface area (Å²) in [6.45, 7) is 9.77. The number of benzene rings is 6. The van der Waals surface area contributed by atoms with Gasteiger partial charge in [-0.05, 0) is 97.7 Å². The summed E-state index contributed by atoms with van der Waals surface area (Å²) in [5.41, 5.74) is 11.0. The van der Waals surface area contributed by atoms with Crippen molar-refractivity contribution in [2.24, 2.45) is 5.92 Å². The molecule has 0 aliphatic heterocycles. The lowest BCUT2D eigenvalue weighted by Crippen LogP contribution is -2.34. The fraction of sp³-hybridized carbons (Fsp3) is 0.208. The topological polar surface area (TPSA) is 3.24 Å². The van der Waals surface area contributed by atoms with Crippen LogP contribution >= 0.6 is 0 Å². The summed E-state index contributed by atoms with van der Waals surface area (Å²) >= 11 is 0. The Morgan fingerprint density at radius 1 is 0.633 bits per heavy atom. The number of allylic oxidation sites excluding steroid dienone is 7. The molecule has 6 aromatic carbocycles. The largest absolute Gasteiger partial charge is 0.310 e. The van der Waals surface area contributed by atoms with E-state index in [2.05, 4.69) is 178 Å². The minimum atomic E-state index is 0.0802. The highest BCUT2D eigenvalue weighted by atomic mass is 15.2. The van der Waals surface area contributed by atoms with Gasteiger partial charge in [-0.15, -0.1) is 0 Å². The van der Waals surface area contributed by atoms with Crippen LogP contribution in [0.25, 0.3) is 43.4 Å². The quantitative estimate of drug-likeness (QED) is 0.175. The van der Waals surface area contributed by atoms with Gasteiger partial charge in [-0.25, -0.2) is 0 Å². The Hall–Kier alpha value is -5.14. The highest BCUT2D eigenvalue weighted by Gasteiger charge is 2.39. The number of nitrogens with zero attached hydrogens (tertiary/aromatic N) is 1. The first kappa shape index (κ1) is 30.0. The standard InChI is InChI=1S/C48H43N/c1-47(2)28-29-48(3,4)45-42(22-13-23-43(45)47)44-38-18-9-11-20-40(38)46(41-21-12-10-19-39(41)44)49(36-26-24-32-14-5-7-16-34(32)30-36)37-27-25-33-15-6-8-17-35(33)31-37/h5-16,18-27,30-31,35H,17,28-29H2,1-4H3. The zero-order valence-electron chi connectivity index (χ0n) is 29.0. The molecule has 3 aliphatic carbocycles. The molecule has 1 nitrogen and oxygen atoms in total. The Balaban J connectivity index is 1.38. The summed E-state index contributed by atoms with van der Waals surface area (Å²) in [5, 5.41) is 7.65. The maximum absolute atomic E-state index is 2.54. The van der Waals surface area contributed by atoms with Crippen LogP contribution in [-0.2, 0) is 10.8 Å². The van der Waals surface area contributed by atoms with Crippen molar-refractivity contribution < 1.29 is 0 Å². The third kappa shape index (κ3) is 4.82. The van der Waals surface area contributed by atoms with E-state index in [4.69, 9.17) is 0 Å². The van der Waals surface area contributed by atoms with Crippen molar-refractivity contribution in [1.82, 2.24) is 0 Å². The van der Waals surface area contributed by atoms with Gasteiger partial charge >= 0.3 is 0 Å². The van der Waals surface area contributed by atoms with Crippen molar-refractivity contribution in [2.75, 3.05) is 4.90 Å². The van der Waals surface area contributed by atoms with E-state index in [9.17, 15) is 0 Å². The van der Waals surface area contributed by atoms with Crippen molar-refractivity contribution in [3.63, 3.8) is 0 Å². The lowest BCUT2D eigenvalue weighted by Gasteiger charge is -2.43. The molecule has 0 heterocycles. The van der Waals surface area contributed by atoms with Crippen LogP contribution < -0.4 is 4.90 Å². The molecule has 0 fully saturated rings. The fourth-order valence-corrected chi connectivity index (χ4v) is 8.90. The van der Waals surface area contributed by atoms with Gasteiger partial charge in [0, 0.05) is 28.1 Å². The maximum atomic E-state index is 2.54. The lowest BCUT2D eigenvalue weighted by atomic mass is 9.61. The molecule has 0 radical (unpaired) electrons. The molecule has 0 aromatic heterocycles. The average Bonchev–Trinajstić information content (AvgIpc) is 3.13. The van der Waals surface area contributed by atoms with Crippen LogP contribution in [0.3, 0.4) is 0 Å². The molecule has 0 bridgehead atoms. The number of hydrogen-bond donors (Lipinski definition) is 0. The van der Waals surface area contributed by atoms with E-state index in [0.29, 0.717) is 5.92 Å². The Kier molecular flexibility index (Phi) is 6.85. The van der Waals surface area contributed by atoms with E-state index in [0.717, 1.165) is 6.42 Å². The predicted octanol–water partition coefficient (Wildman–Crippen LogP) is 13.3. The van der Waals surface area contributed by atoms with Crippen LogP contribution in [0, 0.1) is 5.92 Å². The molecule has 240 valence electrons. The summed E-state index contributed by atoms with van der Waals surface area (Å²) < 4.78 is 0.